The Labute approximate surface area is 162 Å². The lowest BCUT2D eigenvalue weighted by atomic mass is 10.1. The van der Waals surface area contributed by atoms with Crippen LogP contribution < -0.4 is 11.2 Å². The van der Waals surface area contributed by atoms with Crippen molar-refractivity contribution in [3.8, 4) is 5.82 Å². The number of hydrazone groups is 1. The van der Waals surface area contributed by atoms with E-state index in [9.17, 15) is 4.79 Å². The molecule has 0 bridgehead atoms. The first kappa shape index (κ1) is 18.7. The zero-order valence-corrected chi connectivity index (χ0v) is 16.4. The quantitative estimate of drug-likeness (QED) is 0.465. The summed E-state index contributed by atoms with van der Waals surface area (Å²) >= 11 is 3.38. The van der Waals surface area contributed by atoms with Gasteiger partial charge in [-0.15, -0.1) is 5.10 Å². The second kappa shape index (κ2) is 7.66. The molecule has 0 saturated heterocycles. The van der Waals surface area contributed by atoms with Crippen molar-refractivity contribution in [1.29, 1.82) is 0 Å². The fraction of sp³-hybridized carbons (Fsp3) is 0.250. The molecule has 2 heterocycles. The summed E-state index contributed by atoms with van der Waals surface area (Å²) in [6.07, 6.45) is 0. The summed E-state index contributed by atoms with van der Waals surface area (Å²) in [5.74, 6) is -0.345. The number of carbonyl (C=O) groups excluding carboxylic acids is 1. The van der Waals surface area contributed by atoms with Crippen molar-refractivity contribution in [1.82, 2.24) is 30.7 Å². The van der Waals surface area contributed by atoms with Crippen molar-refractivity contribution >= 4 is 33.4 Å². The molecule has 140 valence electrons. The fourth-order valence-corrected chi connectivity index (χ4v) is 2.67. The molecule has 2 aromatic heterocycles. The van der Waals surface area contributed by atoms with Crippen molar-refractivity contribution in [2.75, 3.05) is 5.73 Å². The second-order valence-electron chi connectivity index (χ2n) is 6.01. The zero-order chi connectivity index (χ0) is 19.6. The molecule has 0 spiro atoms. The second-order valence-corrected chi connectivity index (χ2v) is 6.92. The van der Waals surface area contributed by atoms with Crippen LogP contribution in [-0.2, 0) is 0 Å². The predicted molar refractivity (Wildman–Crippen MR) is 102 cm³/mol. The minimum absolute atomic E-state index is 0.0536. The van der Waals surface area contributed by atoms with Gasteiger partial charge < -0.3 is 5.73 Å². The highest BCUT2D eigenvalue weighted by Crippen LogP contribution is 2.22. The van der Waals surface area contributed by atoms with Gasteiger partial charge >= 0.3 is 0 Å². The predicted octanol–water partition coefficient (Wildman–Crippen LogP) is 2.27. The van der Waals surface area contributed by atoms with Crippen LogP contribution in [0.4, 0.5) is 5.82 Å². The molecule has 11 heteroatoms. The Morgan fingerprint density at radius 2 is 2.00 bits per heavy atom. The standard InChI is InChI=1S/C16H17BrN8O2/c1-8(2)13-12(20-24-25(13)15-14(18)22-27-23-15)16(26)21-19-9(3)10-4-6-11(17)7-5-10/h4-8H,1-3H3,(H2,18,22)(H,21,26)/b19-9+. The van der Waals surface area contributed by atoms with E-state index < -0.39 is 5.91 Å². The molecule has 0 radical (unpaired) electrons. The van der Waals surface area contributed by atoms with Crippen LogP contribution in [0.1, 0.15) is 48.4 Å². The number of rotatable bonds is 5. The normalized spacial score (nSPS) is 11.8. The maximum atomic E-state index is 12.6. The fourth-order valence-electron chi connectivity index (χ4n) is 2.41. The molecule has 0 aliphatic carbocycles. The number of nitrogens with zero attached hydrogens (tertiary/aromatic N) is 6. The Morgan fingerprint density at radius 3 is 2.59 bits per heavy atom. The molecule has 0 atom stereocenters. The summed E-state index contributed by atoms with van der Waals surface area (Å²) in [5, 5.41) is 19.3. The smallest absolute Gasteiger partial charge is 0.293 e. The molecule has 3 aromatic rings. The number of hydrogen-bond donors (Lipinski definition) is 2. The highest BCUT2D eigenvalue weighted by Gasteiger charge is 2.25. The number of nitrogens with two attached hydrogens (primary N) is 1. The van der Waals surface area contributed by atoms with Crippen molar-refractivity contribution in [3.63, 3.8) is 0 Å². The van der Waals surface area contributed by atoms with Gasteiger partial charge in [-0.3, -0.25) is 4.79 Å². The molecule has 0 aliphatic rings. The highest BCUT2D eigenvalue weighted by molar-refractivity contribution is 9.10. The number of anilines is 1. The number of hydrogen-bond acceptors (Lipinski definition) is 8. The van der Waals surface area contributed by atoms with Gasteiger partial charge in [0.1, 0.15) is 0 Å². The van der Waals surface area contributed by atoms with E-state index in [4.69, 9.17) is 5.73 Å². The SMILES string of the molecule is C/C(=N\NC(=O)c1nnn(-c2nonc2N)c1C(C)C)c1ccc(Br)cc1. The first-order valence-corrected chi connectivity index (χ1v) is 8.82. The minimum atomic E-state index is -0.489. The van der Waals surface area contributed by atoms with Crippen molar-refractivity contribution in [2.24, 2.45) is 5.10 Å². The van der Waals surface area contributed by atoms with Gasteiger partial charge in [0.15, 0.2) is 5.69 Å². The van der Waals surface area contributed by atoms with Crippen LogP contribution in [-0.4, -0.2) is 36.9 Å². The molecular formula is C16H17BrN8O2. The summed E-state index contributed by atoms with van der Waals surface area (Å²) in [4.78, 5) is 12.6. The third-order valence-electron chi connectivity index (χ3n) is 3.75. The lowest BCUT2D eigenvalue weighted by molar-refractivity contribution is 0.0948. The first-order valence-electron chi connectivity index (χ1n) is 8.03. The monoisotopic (exact) mass is 432 g/mol. The van der Waals surface area contributed by atoms with Crippen LogP contribution in [0, 0.1) is 0 Å². The van der Waals surface area contributed by atoms with Crippen LogP contribution in [0.5, 0.6) is 0 Å². The van der Waals surface area contributed by atoms with E-state index >= 15 is 0 Å². The molecule has 3 N–H and O–H groups in total. The van der Waals surface area contributed by atoms with Gasteiger partial charge in [0.05, 0.1) is 11.4 Å². The maximum absolute atomic E-state index is 12.6. The summed E-state index contributed by atoms with van der Waals surface area (Å²) in [6, 6.07) is 7.58. The van der Waals surface area contributed by atoms with Crippen LogP contribution in [0.3, 0.4) is 0 Å². The van der Waals surface area contributed by atoms with Gasteiger partial charge in [0, 0.05) is 4.47 Å². The average Bonchev–Trinajstić information content (AvgIpc) is 3.25. The van der Waals surface area contributed by atoms with Gasteiger partial charge in [0.25, 0.3) is 5.91 Å². The third kappa shape index (κ3) is 3.87. The highest BCUT2D eigenvalue weighted by atomic mass is 79.9. The number of aromatic nitrogens is 5. The molecule has 0 aliphatic heterocycles. The van der Waals surface area contributed by atoms with Crippen molar-refractivity contribution in [2.45, 2.75) is 26.7 Å². The number of amides is 1. The Morgan fingerprint density at radius 1 is 1.30 bits per heavy atom. The van der Waals surface area contributed by atoms with E-state index in [-0.39, 0.29) is 23.2 Å². The number of carbonyl (C=O) groups is 1. The zero-order valence-electron chi connectivity index (χ0n) is 14.8. The summed E-state index contributed by atoms with van der Waals surface area (Å²) in [6.45, 7) is 5.59. The number of nitrogen functional groups attached to an aromatic ring is 1. The summed E-state index contributed by atoms with van der Waals surface area (Å²) in [7, 11) is 0. The molecule has 0 unspecified atom stereocenters. The largest absolute Gasteiger partial charge is 0.378 e. The third-order valence-corrected chi connectivity index (χ3v) is 4.28. The Hall–Kier alpha value is -3.08. The number of halogens is 1. The van der Waals surface area contributed by atoms with Gasteiger partial charge in [-0.1, -0.05) is 47.1 Å². The number of benzene rings is 1. The van der Waals surface area contributed by atoms with E-state index in [0.29, 0.717) is 11.4 Å². The van der Waals surface area contributed by atoms with Gasteiger partial charge in [-0.25, -0.2) is 10.1 Å². The first-order chi connectivity index (χ1) is 12.9. The van der Waals surface area contributed by atoms with Crippen LogP contribution in [0.15, 0.2) is 38.5 Å². The summed E-state index contributed by atoms with van der Waals surface area (Å²) in [5.41, 5.74) is 10.4. The lowest BCUT2D eigenvalue weighted by Crippen LogP contribution is -2.22. The molecule has 10 nitrogen and oxygen atoms in total. The van der Waals surface area contributed by atoms with Crippen LogP contribution >= 0.6 is 15.9 Å². The molecule has 0 saturated carbocycles. The lowest BCUT2D eigenvalue weighted by Gasteiger charge is -2.08. The minimum Gasteiger partial charge on any atom is -0.378 e. The van der Waals surface area contributed by atoms with Crippen molar-refractivity contribution in [3.05, 3.63) is 45.7 Å². The maximum Gasteiger partial charge on any atom is 0.293 e. The Balaban J connectivity index is 1.87. The Kier molecular flexibility index (Phi) is 5.31. The topological polar surface area (TPSA) is 137 Å². The molecule has 0 fully saturated rings. The van der Waals surface area contributed by atoms with E-state index in [0.717, 1.165) is 10.0 Å². The van der Waals surface area contributed by atoms with Crippen LogP contribution in [0.2, 0.25) is 0 Å². The van der Waals surface area contributed by atoms with Crippen molar-refractivity contribution < 1.29 is 9.42 Å². The number of nitrogens with one attached hydrogen (secondary N) is 1. The average molecular weight is 433 g/mol. The van der Waals surface area contributed by atoms with Gasteiger partial charge in [-0.2, -0.15) is 9.78 Å². The van der Waals surface area contributed by atoms with Gasteiger partial charge in [-0.05, 0) is 40.9 Å². The van der Waals surface area contributed by atoms with E-state index in [1.54, 1.807) is 6.92 Å². The van der Waals surface area contributed by atoms with E-state index in [1.807, 2.05) is 38.1 Å². The Bertz CT molecular complexity index is 990. The van der Waals surface area contributed by atoms with Crippen LogP contribution in [0.25, 0.3) is 5.82 Å². The summed E-state index contributed by atoms with van der Waals surface area (Å²) < 4.78 is 6.91. The van der Waals surface area contributed by atoms with E-state index in [2.05, 4.69) is 51.7 Å². The molecule has 3 rings (SSSR count). The van der Waals surface area contributed by atoms with Gasteiger partial charge in [0.2, 0.25) is 11.6 Å². The molecular weight excluding hydrogens is 416 g/mol. The molecule has 1 aromatic carbocycles. The molecule has 27 heavy (non-hydrogen) atoms. The molecule has 1 amide bonds. The van der Waals surface area contributed by atoms with E-state index in [1.165, 1.54) is 4.68 Å².